The summed E-state index contributed by atoms with van der Waals surface area (Å²) in [5, 5.41) is 3.10. The molecule has 4 nitrogen and oxygen atoms in total. The van der Waals surface area contributed by atoms with Gasteiger partial charge < -0.3 is 5.32 Å². The minimum Gasteiger partial charge on any atom is -0.384 e. The van der Waals surface area contributed by atoms with Crippen LogP contribution in [0.4, 0.5) is 5.69 Å². The van der Waals surface area contributed by atoms with Crippen molar-refractivity contribution in [1.82, 2.24) is 4.31 Å². The summed E-state index contributed by atoms with van der Waals surface area (Å²) in [5.41, 5.74) is 0.676. The zero-order valence-electron chi connectivity index (χ0n) is 11.3. The highest BCUT2D eigenvalue weighted by Gasteiger charge is 2.24. The number of nitrogens with one attached hydrogen (secondary N) is 1. The second kappa shape index (κ2) is 6.75. The molecule has 0 atom stereocenters. The Morgan fingerprint density at radius 1 is 1.17 bits per heavy atom. The molecule has 0 spiro atoms. The van der Waals surface area contributed by atoms with Crippen molar-refractivity contribution in [2.45, 2.75) is 32.1 Å². The zero-order valence-corrected chi connectivity index (χ0v) is 12.1. The summed E-state index contributed by atoms with van der Waals surface area (Å²) in [6.45, 7) is 7.55. The average Bonchev–Trinajstić information content (AvgIpc) is 2.36. The molecule has 0 radical (unpaired) electrons. The molecule has 0 heterocycles. The quantitative estimate of drug-likeness (QED) is 0.828. The minimum atomic E-state index is -3.40. The maximum absolute atomic E-state index is 12.5. The Balaban J connectivity index is 3.18. The molecule has 1 aromatic rings. The van der Waals surface area contributed by atoms with E-state index in [1.165, 1.54) is 4.31 Å². The van der Waals surface area contributed by atoms with Crippen LogP contribution in [0.2, 0.25) is 0 Å². The lowest BCUT2D eigenvalue weighted by atomic mass is 10.3. The zero-order chi connectivity index (χ0) is 13.6. The highest BCUT2D eigenvalue weighted by atomic mass is 32.2. The summed E-state index contributed by atoms with van der Waals surface area (Å²) in [6.07, 6.45) is 0.816. The molecule has 102 valence electrons. The van der Waals surface area contributed by atoms with E-state index >= 15 is 0 Å². The predicted octanol–water partition coefficient (Wildman–Crippen LogP) is 2.54. The van der Waals surface area contributed by atoms with Crippen LogP contribution < -0.4 is 5.32 Å². The van der Waals surface area contributed by atoms with E-state index in [0.29, 0.717) is 30.2 Å². The number of hydrogen-bond acceptors (Lipinski definition) is 3. The number of para-hydroxylation sites is 1. The van der Waals surface area contributed by atoms with E-state index in [0.717, 1.165) is 6.42 Å². The van der Waals surface area contributed by atoms with Gasteiger partial charge in [0.05, 0.1) is 5.69 Å². The number of anilines is 1. The van der Waals surface area contributed by atoms with Crippen LogP contribution in [0.3, 0.4) is 0 Å². The predicted molar refractivity (Wildman–Crippen MR) is 75.3 cm³/mol. The van der Waals surface area contributed by atoms with Crippen LogP contribution in [0, 0.1) is 0 Å². The average molecular weight is 270 g/mol. The Morgan fingerprint density at radius 3 is 2.39 bits per heavy atom. The third-order valence-electron chi connectivity index (χ3n) is 2.70. The highest BCUT2D eigenvalue weighted by Crippen LogP contribution is 2.24. The van der Waals surface area contributed by atoms with Crippen molar-refractivity contribution in [3.63, 3.8) is 0 Å². The van der Waals surface area contributed by atoms with E-state index in [1.54, 1.807) is 18.2 Å². The number of hydrogen-bond donors (Lipinski definition) is 1. The fourth-order valence-corrected chi connectivity index (χ4v) is 3.57. The van der Waals surface area contributed by atoms with Gasteiger partial charge in [-0.2, -0.15) is 4.31 Å². The van der Waals surface area contributed by atoms with E-state index in [4.69, 9.17) is 0 Å². The fraction of sp³-hybridized carbons (Fsp3) is 0.538. The van der Waals surface area contributed by atoms with Crippen LogP contribution in [0.5, 0.6) is 0 Å². The van der Waals surface area contributed by atoms with Crippen LogP contribution in [0.25, 0.3) is 0 Å². The van der Waals surface area contributed by atoms with Crippen molar-refractivity contribution in [2.24, 2.45) is 0 Å². The number of rotatable bonds is 7. The molecular formula is C13H22N2O2S. The fourth-order valence-electron chi connectivity index (χ4n) is 1.86. The van der Waals surface area contributed by atoms with Gasteiger partial charge in [-0.3, -0.25) is 0 Å². The van der Waals surface area contributed by atoms with E-state index < -0.39 is 10.0 Å². The molecule has 5 heteroatoms. The van der Waals surface area contributed by atoms with Crippen molar-refractivity contribution in [2.75, 3.05) is 25.0 Å². The Labute approximate surface area is 110 Å². The van der Waals surface area contributed by atoms with Gasteiger partial charge in [0, 0.05) is 19.6 Å². The van der Waals surface area contributed by atoms with Gasteiger partial charge in [0.25, 0.3) is 0 Å². The van der Waals surface area contributed by atoms with Crippen LogP contribution in [0.15, 0.2) is 29.2 Å². The van der Waals surface area contributed by atoms with Gasteiger partial charge in [0.1, 0.15) is 4.90 Å². The van der Waals surface area contributed by atoms with Crippen LogP contribution in [-0.2, 0) is 10.0 Å². The molecular weight excluding hydrogens is 248 g/mol. The summed E-state index contributed by atoms with van der Waals surface area (Å²) in [6, 6.07) is 7.06. The molecule has 0 fully saturated rings. The second-order valence-electron chi connectivity index (χ2n) is 4.02. The molecule has 0 saturated carbocycles. The number of benzene rings is 1. The van der Waals surface area contributed by atoms with E-state index in [1.807, 2.05) is 26.8 Å². The van der Waals surface area contributed by atoms with Gasteiger partial charge in [0.15, 0.2) is 0 Å². The molecule has 0 bridgehead atoms. The van der Waals surface area contributed by atoms with Gasteiger partial charge in [-0.1, -0.05) is 26.0 Å². The summed E-state index contributed by atoms with van der Waals surface area (Å²) in [7, 11) is -3.40. The summed E-state index contributed by atoms with van der Waals surface area (Å²) >= 11 is 0. The smallest absolute Gasteiger partial charge is 0.245 e. The molecule has 0 aliphatic carbocycles. The first-order chi connectivity index (χ1) is 8.57. The number of nitrogens with zero attached hydrogens (tertiary/aromatic N) is 1. The lowest BCUT2D eigenvalue weighted by molar-refractivity contribution is 0.427. The third kappa shape index (κ3) is 3.23. The molecule has 0 amide bonds. The normalized spacial score (nSPS) is 11.8. The molecule has 1 N–H and O–H groups in total. The molecule has 1 aromatic carbocycles. The molecule has 0 saturated heterocycles. The Kier molecular flexibility index (Phi) is 5.62. The van der Waals surface area contributed by atoms with Crippen molar-refractivity contribution in [3.8, 4) is 0 Å². The van der Waals surface area contributed by atoms with Crippen LogP contribution in [-0.4, -0.2) is 32.4 Å². The van der Waals surface area contributed by atoms with Gasteiger partial charge >= 0.3 is 0 Å². The van der Waals surface area contributed by atoms with E-state index in [-0.39, 0.29) is 0 Å². The first-order valence-corrected chi connectivity index (χ1v) is 7.84. The Morgan fingerprint density at radius 2 is 1.83 bits per heavy atom. The van der Waals surface area contributed by atoms with E-state index in [2.05, 4.69) is 5.32 Å². The Bertz CT molecular complexity index is 472. The van der Waals surface area contributed by atoms with E-state index in [9.17, 15) is 8.42 Å². The minimum absolute atomic E-state index is 0.363. The molecule has 0 aliphatic heterocycles. The Hall–Kier alpha value is -1.07. The topological polar surface area (TPSA) is 49.4 Å². The maximum atomic E-state index is 12.5. The maximum Gasteiger partial charge on any atom is 0.245 e. The first kappa shape index (κ1) is 15.0. The standard InChI is InChI=1S/C13H22N2O2S/c1-4-11-15(6-3)18(16,17)13-10-8-7-9-12(13)14-5-2/h7-10,14H,4-6,11H2,1-3H3. The van der Waals surface area contributed by atoms with Gasteiger partial charge in [-0.05, 0) is 25.5 Å². The molecule has 1 rings (SSSR count). The van der Waals surface area contributed by atoms with Crippen LogP contribution in [0.1, 0.15) is 27.2 Å². The molecule has 0 aliphatic rings. The summed E-state index contributed by atoms with van der Waals surface area (Å²) < 4.78 is 26.6. The third-order valence-corrected chi connectivity index (χ3v) is 4.73. The monoisotopic (exact) mass is 270 g/mol. The first-order valence-electron chi connectivity index (χ1n) is 6.40. The molecule has 18 heavy (non-hydrogen) atoms. The summed E-state index contributed by atoms with van der Waals surface area (Å²) in [4.78, 5) is 0.363. The van der Waals surface area contributed by atoms with Gasteiger partial charge in [-0.25, -0.2) is 8.42 Å². The lowest BCUT2D eigenvalue weighted by Gasteiger charge is -2.21. The van der Waals surface area contributed by atoms with Crippen molar-refractivity contribution >= 4 is 15.7 Å². The van der Waals surface area contributed by atoms with Crippen molar-refractivity contribution in [3.05, 3.63) is 24.3 Å². The van der Waals surface area contributed by atoms with Gasteiger partial charge in [0.2, 0.25) is 10.0 Å². The SMILES string of the molecule is CCCN(CC)S(=O)(=O)c1ccccc1NCC. The van der Waals surface area contributed by atoms with Gasteiger partial charge in [-0.15, -0.1) is 0 Å². The van der Waals surface area contributed by atoms with Crippen molar-refractivity contribution in [1.29, 1.82) is 0 Å². The van der Waals surface area contributed by atoms with Crippen LogP contribution >= 0.6 is 0 Å². The largest absolute Gasteiger partial charge is 0.384 e. The summed E-state index contributed by atoms with van der Waals surface area (Å²) in [5.74, 6) is 0. The highest BCUT2D eigenvalue weighted by molar-refractivity contribution is 7.89. The second-order valence-corrected chi connectivity index (χ2v) is 5.93. The lowest BCUT2D eigenvalue weighted by Crippen LogP contribution is -2.32. The molecule has 0 aromatic heterocycles. The molecule has 0 unspecified atom stereocenters. The van der Waals surface area contributed by atoms with Crippen molar-refractivity contribution < 1.29 is 8.42 Å². The number of sulfonamides is 1.